The van der Waals surface area contributed by atoms with Gasteiger partial charge in [0.2, 0.25) is 5.91 Å². The highest BCUT2D eigenvalue weighted by Crippen LogP contribution is 2.52. The zero-order valence-corrected chi connectivity index (χ0v) is 22.4. The number of nitrogens with zero attached hydrogens (tertiary/aromatic N) is 2. The van der Waals surface area contributed by atoms with Crippen molar-refractivity contribution in [3.63, 3.8) is 0 Å². The largest absolute Gasteiger partial charge is 0.338 e. The SMILES string of the molecule is O=C(Cc1cccc(-c2ccc(Cl)cc2)c1)N1CCCc2nc(C3(c4cccc(Cl)c4)CC3)[nH]c(=O)c2C1. The van der Waals surface area contributed by atoms with Crippen molar-refractivity contribution in [3.8, 4) is 11.1 Å². The van der Waals surface area contributed by atoms with E-state index < -0.39 is 0 Å². The first kappa shape index (κ1) is 24.9. The molecule has 192 valence electrons. The van der Waals surface area contributed by atoms with E-state index in [9.17, 15) is 9.59 Å². The number of amides is 1. The minimum absolute atomic E-state index is 0.00664. The van der Waals surface area contributed by atoms with Gasteiger partial charge < -0.3 is 9.88 Å². The molecule has 2 aliphatic rings. The van der Waals surface area contributed by atoms with Crippen molar-refractivity contribution in [2.24, 2.45) is 0 Å². The maximum atomic E-state index is 13.4. The van der Waals surface area contributed by atoms with Crippen LogP contribution in [-0.4, -0.2) is 27.3 Å². The Morgan fingerprint density at radius 2 is 1.74 bits per heavy atom. The molecule has 4 aromatic rings. The van der Waals surface area contributed by atoms with Crippen molar-refractivity contribution in [2.75, 3.05) is 6.54 Å². The second-order valence-corrected chi connectivity index (χ2v) is 11.1. The average Bonchev–Trinajstić information content (AvgIpc) is 3.74. The number of halogens is 2. The molecule has 5 nitrogen and oxygen atoms in total. The van der Waals surface area contributed by atoms with Crippen LogP contribution in [0.15, 0.2) is 77.6 Å². The third-order valence-corrected chi connectivity index (χ3v) is 8.17. The van der Waals surface area contributed by atoms with Crippen molar-refractivity contribution in [1.82, 2.24) is 14.9 Å². The molecule has 0 spiro atoms. The van der Waals surface area contributed by atoms with Gasteiger partial charge in [0.05, 0.1) is 29.6 Å². The maximum absolute atomic E-state index is 13.4. The predicted octanol–water partition coefficient (Wildman–Crippen LogP) is 6.34. The van der Waals surface area contributed by atoms with Gasteiger partial charge in [-0.15, -0.1) is 0 Å². The van der Waals surface area contributed by atoms with Crippen LogP contribution < -0.4 is 5.56 Å². The van der Waals surface area contributed by atoms with E-state index >= 15 is 0 Å². The first-order chi connectivity index (χ1) is 18.4. The number of carbonyl (C=O) groups excluding carboxylic acids is 1. The van der Waals surface area contributed by atoms with Gasteiger partial charge in [-0.1, -0.05) is 71.7 Å². The van der Waals surface area contributed by atoms with Crippen LogP contribution in [0.2, 0.25) is 10.0 Å². The van der Waals surface area contributed by atoms with Gasteiger partial charge >= 0.3 is 0 Å². The van der Waals surface area contributed by atoms with E-state index in [4.69, 9.17) is 28.2 Å². The number of hydrogen-bond donors (Lipinski definition) is 1. The molecule has 1 fully saturated rings. The summed E-state index contributed by atoms with van der Waals surface area (Å²) in [4.78, 5) is 36.5. The summed E-state index contributed by atoms with van der Waals surface area (Å²) in [5, 5.41) is 1.37. The van der Waals surface area contributed by atoms with Crippen molar-refractivity contribution >= 4 is 29.1 Å². The number of aromatic amines is 1. The summed E-state index contributed by atoms with van der Waals surface area (Å²) < 4.78 is 0. The number of fused-ring (bicyclic) bond motifs is 1. The number of aromatic nitrogens is 2. The Kier molecular flexibility index (Phi) is 6.58. The molecule has 1 amide bonds. The van der Waals surface area contributed by atoms with E-state index in [2.05, 4.69) is 4.98 Å². The Labute approximate surface area is 231 Å². The Balaban J connectivity index is 1.22. The van der Waals surface area contributed by atoms with Crippen LogP contribution in [0.1, 0.15) is 47.5 Å². The van der Waals surface area contributed by atoms with Crippen molar-refractivity contribution in [3.05, 3.63) is 121 Å². The molecule has 0 radical (unpaired) electrons. The molecule has 38 heavy (non-hydrogen) atoms. The quantitative estimate of drug-likeness (QED) is 0.319. The average molecular weight is 544 g/mol. The smallest absolute Gasteiger partial charge is 0.256 e. The maximum Gasteiger partial charge on any atom is 0.256 e. The molecule has 1 N–H and O–H groups in total. The van der Waals surface area contributed by atoms with Gasteiger partial charge in [0, 0.05) is 16.6 Å². The fourth-order valence-electron chi connectivity index (χ4n) is 5.42. The van der Waals surface area contributed by atoms with Gasteiger partial charge in [-0.2, -0.15) is 0 Å². The summed E-state index contributed by atoms with van der Waals surface area (Å²) in [7, 11) is 0. The lowest BCUT2D eigenvalue weighted by molar-refractivity contribution is -0.131. The second kappa shape index (κ2) is 10.0. The van der Waals surface area contributed by atoms with Crippen LogP contribution in [0.4, 0.5) is 0 Å². The topological polar surface area (TPSA) is 66.1 Å². The van der Waals surface area contributed by atoms with Crippen molar-refractivity contribution < 1.29 is 4.79 Å². The molecular weight excluding hydrogens is 517 g/mol. The molecule has 0 atom stereocenters. The van der Waals surface area contributed by atoms with E-state index in [-0.39, 0.29) is 29.8 Å². The lowest BCUT2D eigenvalue weighted by Crippen LogP contribution is -2.34. The highest BCUT2D eigenvalue weighted by Gasteiger charge is 2.48. The summed E-state index contributed by atoms with van der Waals surface area (Å²) in [6.07, 6.45) is 3.57. The molecule has 0 saturated heterocycles. The molecule has 1 aliphatic carbocycles. The van der Waals surface area contributed by atoms with Crippen LogP contribution in [0, 0.1) is 0 Å². The van der Waals surface area contributed by atoms with Crippen LogP contribution in [0.5, 0.6) is 0 Å². The minimum atomic E-state index is -0.282. The molecule has 1 aliphatic heterocycles. The van der Waals surface area contributed by atoms with Crippen LogP contribution in [0.25, 0.3) is 11.1 Å². The molecule has 6 rings (SSSR count). The van der Waals surface area contributed by atoms with Crippen molar-refractivity contribution in [2.45, 2.75) is 44.1 Å². The zero-order valence-electron chi connectivity index (χ0n) is 20.8. The van der Waals surface area contributed by atoms with E-state index in [1.165, 1.54) is 0 Å². The molecular formula is C31H27Cl2N3O2. The number of hydrogen-bond acceptors (Lipinski definition) is 3. The Hall–Kier alpha value is -3.41. The standard InChI is InChI=1S/C31H27Cl2N3O2/c32-24-11-9-21(10-12-24)22-5-1-4-20(16-22)17-28(37)36-15-3-8-27-26(19-36)29(38)35-30(34-27)31(13-14-31)23-6-2-7-25(33)18-23/h1-2,4-7,9-12,16,18H,3,8,13-15,17,19H2,(H,34,35,38). The van der Waals surface area contributed by atoms with Gasteiger partial charge in [-0.3, -0.25) is 9.59 Å². The zero-order chi connectivity index (χ0) is 26.3. The van der Waals surface area contributed by atoms with Gasteiger partial charge in [0.1, 0.15) is 5.82 Å². The van der Waals surface area contributed by atoms with Crippen LogP contribution in [0.3, 0.4) is 0 Å². The number of nitrogens with one attached hydrogen (secondary N) is 1. The lowest BCUT2D eigenvalue weighted by Gasteiger charge is -2.21. The fraction of sp³-hybridized carbons (Fsp3) is 0.258. The molecule has 1 aromatic heterocycles. The number of rotatable bonds is 5. The predicted molar refractivity (Wildman–Crippen MR) is 151 cm³/mol. The summed E-state index contributed by atoms with van der Waals surface area (Å²) in [5.41, 5.74) is 5.07. The molecule has 3 aromatic carbocycles. The Morgan fingerprint density at radius 3 is 2.50 bits per heavy atom. The molecule has 0 unspecified atom stereocenters. The second-order valence-electron chi connectivity index (χ2n) is 10.2. The lowest BCUT2D eigenvalue weighted by atomic mass is 9.94. The third-order valence-electron chi connectivity index (χ3n) is 7.68. The minimum Gasteiger partial charge on any atom is -0.338 e. The summed E-state index contributed by atoms with van der Waals surface area (Å²) in [6, 6.07) is 23.5. The molecule has 2 heterocycles. The Bertz CT molecular complexity index is 1580. The van der Waals surface area contributed by atoms with E-state index in [0.29, 0.717) is 34.4 Å². The highest BCUT2D eigenvalue weighted by molar-refractivity contribution is 6.30. The van der Waals surface area contributed by atoms with Gasteiger partial charge in [-0.25, -0.2) is 4.98 Å². The third kappa shape index (κ3) is 4.89. The van der Waals surface area contributed by atoms with E-state index in [1.807, 2.05) is 72.8 Å². The van der Waals surface area contributed by atoms with E-state index in [1.54, 1.807) is 4.90 Å². The first-order valence-corrected chi connectivity index (χ1v) is 13.7. The monoisotopic (exact) mass is 543 g/mol. The van der Waals surface area contributed by atoms with Gasteiger partial charge in [0.15, 0.2) is 0 Å². The summed E-state index contributed by atoms with van der Waals surface area (Å²) >= 11 is 12.3. The van der Waals surface area contributed by atoms with Gasteiger partial charge in [-0.05, 0) is 72.2 Å². The van der Waals surface area contributed by atoms with E-state index in [0.717, 1.165) is 47.2 Å². The molecule has 7 heteroatoms. The van der Waals surface area contributed by atoms with Gasteiger partial charge in [0.25, 0.3) is 5.56 Å². The summed E-state index contributed by atoms with van der Waals surface area (Å²) in [5.74, 6) is 0.717. The Morgan fingerprint density at radius 1 is 0.947 bits per heavy atom. The van der Waals surface area contributed by atoms with Crippen LogP contribution >= 0.6 is 23.2 Å². The molecule has 0 bridgehead atoms. The highest BCUT2D eigenvalue weighted by atomic mass is 35.5. The summed E-state index contributed by atoms with van der Waals surface area (Å²) in [6.45, 7) is 0.873. The van der Waals surface area contributed by atoms with Crippen LogP contribution in [-0.2, 0) is 29.6 Å². The fourth-order valence-corrected chi connectivity index (χ4v) is 5.74. The number of H-pyrrole nitrogens is 1. The molecule has 1 saturated carbocycles. The number of carbonyl (C=O) groups is 1. The van der Waals surface area contributed by atoms with Crippen molar-refractivity contribution in [1.29, 1.82) is 0 Å². The number of benzene rings is 3. The number of aryl methyl sites for hydroxylation is 1. The first-order valence-electron chi connectivity index (χ1n) is 12.9. The normalized spacial score (nSPS) is 16.0.